The summed E-state index contributed by atoms with van der Waals surface area (Å²) in [6, 6.07) is 23.7. The first kappa shape index (κ1) is 23.7. The molecule has 0 saturated carbocycles. The van der Waals surface area contributed by atoms with Crippen molar-refractivity contribution >= 4 is 69.2 Å². The number of anilines is 1. The number of carbonyl (C=O) groups is 1. The quantitative estimate of drug-likeness (QED) is 0.198. The fraction of sp³-hybridized carbons (Fsp3) is 0. The minimum Gasteiger partial charge on any atom is -0.457 e. The summed E-state index contributed by atoms with van der Waals surface area (Å²) in [4.78, 5) is 13.9. The molecule has 2 heterocycles. The van der Waals surface area contributed by atoms with Crippen molar-refractivity contribution in [1.82, 2.24) is 20.3 Å². The molecule has 0 radical (unpaired) electrons. The number of fused-ring (bicyclic) bond motifs is 1. The SMILES string of the molecule is O=C(/C=C/c1ccc(-c2cc(Cl)cc(Cl)c2)o1)NC(=S)Nc1ccc2nn(-c3ccccc3)nc2c1. The minimum atomic E-state index is -0.410. The number of amides is 1. The van der Waals surface area contributed by atoms with Gasteiger partial charge in [-0.2, -0.15) is 4.80 Å². The van der Waals surface area contributed by atoms with Crippen LogP contribution in [0.5, 0.6) is 0 Å². The summed E-state index contributed by atoms with van der Waals surface area (Å²) in [6.45, 7) is 0. The number of carbonyl (C=O) groups excluding carboxylic acids is 1. The van der Waals surface area contributed by atoms with Crippen molar-refractivity contribution in [3.8, 4) is 17.0 Å². The van der Waals surface area contributed by atoms with Crippen LogP contribution in [0.25, 0.3) is 34.1 Å². The fourth-order valence-electron chi connectivity index (χ4n) is 3.44. The van der Waals surface area contributed by atoms with E-state index in [9.17, 15) is 4.79 Å². The molecule has 0 unspecified atom stereocenters. The molecule has 36 heavy (non-hydrogen) atoms. The highest BCUT2D eigenvalue weighted by molar-refractivity contribution is 7.80. The molecule has 0 aliphatic rings. The highest BCUT2D eigenvalue weighted by Crippen LogP contribution is 2.29. The lowest BCUT2D eigenvalue weighted by molar-refractivity contribution is -0.115. The first-order valence-electron chi connectivity index (χ1n) is 10.7. The predicted octanol–water partition coefficient (Wildman–Crippen LogP) is 6.51. The van der Waals surface area contributed by atoms with Crippen molar-refractivity contribution in [2.24, 2.45) is 0 Å². The van der Waals surface area contributed by atoms with Crippen molar-refractivity contribution in [2.45, 2.75) is 0 Å². The molecular formula is C26H17Cl2N5O2S. The Kier molecular flexibility index (Phi) is 6.81. The zero-order valence-corrected chi connectivity index (χ0v) is 20.8. The van der Waals surface area contributed by atoms with Gasteiger partial charge < -0.3 is 9.73 Å². The molecule has 0 aliphatic heterocycles. The molecule has 0 saturated heterocycles. The second kappa shape index (κ2) is 10.3. The van der Waals surface area contributed by atoms with Gasteiger partial charge in [-0.05, 0) is 79.0 Å². The van der Waals surface area contributed by atoms with Crippen LogP contribution >= 0.6 is 35.4 Å². The van der Waals surface area contributed by atoms with Crippen molar-refractivity contribution in [3.05, 3.63) is 101 Å². The predicted molar refractivity (Wildman–Crippen MR) is 146 cm³/mol. The number of thiocarbonyl (C=S) groups is 1. The molecule has 7 nitrogen and oxygen atoms in total. The van der Waals surface area contributed by atoms with Gasteiger partial charge in [0.05, 0.1) is 5.69 Å². The van der Waals surface area contributed by atoms with E-state index in [1.165, 1.54) is 6.08 Å². The summed E-state index contributed by atoms with van der Waals surface area (Å²) < 4.78 is 5.76. The highest BCUT2D eigenvalue weighted by atomic mass is 35.5. The lowest BCUT2D eigenvalue weighted by atomic mass is 10.2. The van der Waals surface area contributed by atoms with Gasteiger partial charge >= 0.3 is 0 Å². The molecule has 0 spiro atoms. The molecule has 5 aromatic rings. The van der Waals surface area contributed by atoms with Gasteiger partial charge in [0, 0.05) is 27.4 Å². The van der Waals surface area contributed by atoms with E-state index in [2.05, 4.69) is 20.8 Å². The highest BCUT2D eigenvalue weighted by Gasteiger charge is 2.09. The number of hydrogen-bond acceptors (Lipinski definition) is 5. The van der Waals surface area contributed by atoms with Crippen molar-refractivity contribution in [2.75, 3.05) is 5.32 Å². The summed E-state index contributed by atoms with van der Waals surface area (Å²) in [7, 11) is 0. The first-order chi connectivity index (χ1) is 17.4. The maximum Gasteiger partial charge on any atom is 0.250 e. The number of halogens is 2. The van der Waals surface area contributed by atoms with E-state index < -0.39 is 5.91 Å². The Bertz CT molecular complexity index is 1590. The number of furan rings is 1. The normalized spacial score (nSPS) is 11.2. The van der Waals surface area contributed by atoms with Crippen molar-refractivity contribution in [3.63, 3.8) is 0 Å². The third-order valence-electron chi connectivity index (χ3n) is 5.03. The number of hydrogen-bond donors (Lipinski definition) is 2. The molecule has 0 aliphatic carbocycles. The van der Waals surface area contributed by atoms with Gasteiger partial charge in [-0.15, -0.1) is 10.2 Å². The van der Waals surface area contributed by atoms with Gasteiger partial charge in [-0.3, -0.25) is 10.1 Å². The number of nitrogens with zero attached hydrogens (tertiary/aromatic N) is 3. The van der Waals surface area contributed by atoms with E-state index in [4.69, 9.17) is 39.8 Å². The molecule has 1 amide bonds. The van der Waals surface area contributed by atoms with E-state index in [0.29, 0.717) is 32.8 Å². The van der Waals surface area contributed by atoms with Crippen LogP contribution in [0.1, 0.15) is 5.76 Å². The van der Waals surface area contributed by atoms with E-state index >= 15 is 0 Å². The van der Waals surface area contributed by atoms with Gasteiger partial charge in [0.15, 0.2) is 5.11 Å². The van der Waals surface area contributed by atoms with Crippen LogP contribution in [0.4, 0.5) is 5.69 Å². The van der Waals surface area contributed by atoms with E-state index in [-0.39, 0.29) is 5.11 Å². The third-order valence-corrected chi connectivity index (χ3v) is 5.68. The second-order valence-corrected chi connectivity index (χ2v) is 8.95. The van der Waals surface area contributed by atoms with Crippen LogP contribution in [0.15, 0.2) is 89.4 Å². The summed E-state index contributed by atoms with van der Waals surface area (Å²) in [5, 5.41) is 15.7. The van der Waals surface area contributed by atoms with Crippen LogP contribution in [0.3, 0.4) is 0 Å². The first-order valence-corrected chi connectivity index (χ1v) is 11.9. The van der Waals surface area contributed by atoms with E-state index in [1.807, 2.05) is 48.5 Å². The Morgan fingerprint density at radius 2 is 1.67 bits per heavy atom. The van der Waals surface area contributed by atoms with Crippen LogP contribution in [-0.4, -0.2) is 26.0 Å². The molecule has 5 rings (SSSR count). The topological polar surface area (TPSA) is 85.0 Å². The van der Waals surface area contributed by atoms with E-state index in [0.717, 1.165) is 16.8 Å². The Morgan fingerprint density at radius 3 is 2.44 bits per heavy atom. The minimum absolute atomic E-state index is 0.146. The molecule has 3 aromatic carbocycles. The van der Waals surface area contributed by atoms with E-state index in [1.54, 1.807) is 41.2 Å². The van der Waals surface area contributed by atoms with Crippen LogP contribution in [0, 0.1) is 0 Å². The zero-order chi connectivity index (χ0) is 25.1. The number of aromatic nitrogens is 3. The monoisotopic (exact) mass is 533 g/mol. The second-order valence-electron chi connectivity index (χ2n) is 7.67. The largest absolute Gasteiger partial charge is 0.457 e. The molecule has 0 bridgehead atoms. The smallest absolute Gasteiger partial charge is 0.250 e. The molecule has 2 N–H and O–H groups in total. The van der Waals surface area contributed by atoms with Gasteiger partial charge in [-0.1, -0.05) is 41.4 Å². The average Bonchev–Trinajstić information content (AvgIpc) is 3.50. The molecule has 0 fully saturated rings. The number of benzene rings is 3. The lowest BCUT2D eigenvalue weighted by Gasteiger charge is -2.07. The van der Waals surface area contributed by atoms with Crippen LogP contribution in [-0.2, 0) is 4.79 Å². The van der Waals surface area contributed by atoms with Gasteiger partial charge in [0.2, 0.25) is 5.91 Å². The Balaban J connectivity index is 1.20. The van der Waals surface area contributed by atoms with Crippen molar-refractivity contribution in [1.29, 1.82) is 0 Å². The summed E-state index contributed by atoms with van der Waals surface area (Å²) in [5.74, 6) is 0.658. The Hall–Kier alpha value is -3.98. The fourth-order valence-corrected chi connectivity index (χ4v) is 4.18. The van der Waals surface area contributed by atoms with Gasteiger partial charge in [0.25, 0.3) is 0 Å². The summed E-state index contributed by atoms with van der Waals surface area (Å²) in [5.41, 5.74) is 3.70. The number of rotatable bonds is 5. The number of nitrogens with one attached hydrogen (secondary N) is 2. The average molecular weight is 534 g/mol. The third kappa shape index (κ3) is 5.63. The summed E-state index contributed by atoms with van der Waals surface area (Å²) >= 11 is 17.4. The lowest BCUT2D eigenvalue weighted by Crippen LogP contribution is -2.32. The Morgan fingerprint density at radius 1 is 0.917 bits per heavy atom. The molecule has 0 atom stereocenters. The summed E-state index contributed by atoms with van der Waals surface area (Å²) in [6.07, 6.45) is 2.87. The maximum absolute atomic E-state index is 12.3. The standard InChI is InChI=1S/C26H17Cl2N5O2S/c27-17-12-16(13-18(28)14-17)24-10-7-21(35-24)8-11-25(34)30-26(36)29-19-6-9-22-23(15-19)32-33(31-22)20-4-2-1-3-5-20/h1-15H,(H2,29,30,34,36)/b11-8+. The molecule has 2 aromatic heterocycles. The molecule has 10 heteroatoms. The molecule has 178 valence electrons. The van der Waals surface area contributed by atoms with Gasteiger partial charge in [0.1, 0.15) is 22.6 Å². The zero-order valence-electron chi connectivity index (χ0n) is 18.5. The van der Waals surface area contributed by atoms with Crippen LogP contribution < -0.4 is 10.6 Å². The van der Waals surface area contributed by atoms with Crippen LogP contribution in [0.2, 0.25) is 10.0 Å². The molecular weight excluding hydrogens is 517 g/mol. The van der Waals surface area contributed by atoms with Gasteiger partial charge in [-0.25, -0.2) is 0 Å². The Labute approximate surface area is 221 Å². The maximum atomic E-state index is 12.3. The number of para-hydroxylation sites is 1. The van der Waals surface area contributed by atoms with Crippen molar-refractivity contribution < 1.29 is 9.21 Å².